The second kappa shape index (κ2) is 6.14. The second-order valence-electron chi connectivity index (χ2n) is 4.04. The summed E-state index contributed by atoms with van der Waals surface area (Å²) >= 11 is 0. The van der Waals surface area contributed by atoms with Crippen LogP contribution < -0.4 is 20.1 Å². The van der Waals surface area contributed by atoms with Gasteiger partial charge in [0.2, 0.25) is 0 Å². The summed E-state index contributed by atoms with van der Waals surface area (Å²) in [5.74, 6) is 2.52. The molecule has 0 fully saturated rings. The van der Waals surface area contributed by atoms with Gasteiger partial charge in [-0.25, -0.2) is 0 Å². The number of aliphatic imine (C=N–C) groups is 1. The highest BCUT2D eigenvalue weighted by Gasteiger charge is 2.07. The quantitative estimate of drug-likeness (QED) is 0.840. The van der Waals surface area contributed by atoms with E-state index >= 15 is 0 Å². The van der Waals surface area contributed by atoms with E-state index in [9.17, 15) is 0 Å². The average Bonchev–Trinajstić information content (AvgIpc) is 2.45. The van der Waals surface area contributed by atoms with Crippen molar-refractivity contribution in [2.45, 2.75) is 13.0 Å². The molecule has 1 aromatic carbocycles. The number of hydrogen-bond acceptors (Lipinski definition) is 5. The van der Waals surface area contributed by atoms with E-state index in [0.29, 0.717) is 6.54 Å². The van der Waals surface area contributed by atoms with Crippen LogP contribution in [0.5, 0.6) is 11.5 Å². The number of hydrogen-bond donors (Lipinski definition) is 2. The Balaban J connectivity index is 2.04. The molecule has 5 nitrogen and oxygen atoms in total. The van der Waals surface area contributed by atoms with Gasteiger partial charge in [-0.3, -0.25) is 4.99 Å². The summed E-state index contributed by atoms with van der Waals surface area (Å²) in [5, 5.41) is 6.49. The maximum absolute atomic E-state index is 5.33. The lowest BCUT2D eigenvalue weighted by atomic mass is 10.2. The standard InChI is InChI=1S/C13H19N3O2/c1-17-11-4-5-12(18-2)10(8-11)9-16-13-14-6-3-7-15-13/h4-5,8H,3,6-7,9H2,1-2H3,(H2,14,15,16). The van der Waals surface area contributed by atoms with Crippen molar-refractivity contribution in [1.29, 1.82) is 0 Å². The smallest absolute Gasteiger partial charge is 0.191 e. The lowest BCUT2D eigenvalue weighted by Crippen LogP contribution is -2.40. The number of methoxy groups -OCH3 is 2. The molecule has 1 aliphatic rings. The third kappa shape index (κ3) is 3.06. The van der Waals surface area contributed by atoms with Crippen LogP contribution >= 0.6 is 0 Å². The van der Waals surface area contributed by atoms with Gasteiger partial charge in [0.25, 0.3) is 0 Å². The maximum Gasteiger partial charge on any atom is 0.191 e. The van der Waals surface area contributed by atoms with Crippen molar-refractivity contribution in [3.8, 4) is 11.5 Å². The van der Waals surface area contributed by atoms with Crippen LogP contribution in [0.15, 0.2) is 23.2 Å². The zero-order valence-corrected chi connectivity index (χ0v) is 10.8. The first-order chi connectivity index (χ1) is 8.83. The third-order valence-corrected chi connectivity index (χ3v) is 2.83. The molecule has 0 unspecified atom stereocenters. The Morgan fingerprint density at radius 1 is 1.33 bits per heavy atom. The molecule has 0 bridgehead atoms. The highest BCUT2D eigenvalue weighted by Crippen LogP contribution is 2.23. The fourth-order valence-corrected chi connectivity index (χ4v) is 1.85. The van der Waals surface area contributed by atoms with Gasteiger partial charge in [-0.05, 0) is 24.6 Å². The van der Waals surface area contributed by atoms with Crippen LogP contribution in [-0.2, 0) is 6.54 Å². The zero-order chi connectivity index (χ0) is 12.8. The molecule has 0 aliphatic carbocycles. The van der Waals surface area contributed by atoms with Crippen LogP contribution in [0.4, 0.5) is 0 Å². The Bertz CT molecular complexity index is 432. The Morgan fingerprint density at radius 2 is 2.22 bits per heavy atom. The summed E-state index contributed by atoms with van der Waals surface area (Å²) < 4.78 is 10.5. The van der Waals surface area contributed by atoms with E-state index in [-0.39, 0.29) is 0 Å². The average molecular weight is 249 g/mol. The second-order valence-corrected chi connectivity index (χ2v) is 4.04. The van der Waals surface area contributed by atoms with Crippen LogP contribution in [0.25, 0.3) is 0 Å². The summed E-state index contributed by atoms with van der Waals surface area (Å²) in [4.78, 5) is 4.36. The number of nitrogens with one attached hydrogen (secondary N) is 2. The number of ether oxygens (including phenoxy) is 2. The number of rotatable bonds is 4. The van der Waals surface area contributed by atoms with Crippen molar-refractivity contribution < 1.29 is 9.47 Å². The Labute approximate surface area is 107 Å². The monoisotopic (exact) mass is 249 g/mol. The fraction of sp³-hybridized carbons (Fsp3) is 0.462. The molecule has 2 N–H and O–H groups in total. The highest BCUT2D eigenvalue weighted by atomic mass is 16.5. The SMILES string of the molecule is COc1ccc(OC)c(CNC2=NCCCN2)c1. The van der Waals surface area contributed by atoms with Crippen LogP contribution in [0.1, 0.15) is 12.0 Å². The molecule has 98 valence electrons. The molecule has 0 amide bonds. The van der Waals surface area contributed by atoms with Gasteiger partial charge in [-0.15, -0.1) is 0 Å². The van der Waals surface area contributed by atoms with Gasteiger partial charge in [0.05, 0.1) is 14.2 Å². The first-order valence-corrected chi connectivity index (χ1v) is 6.06. The topological polar surface area (TPSA) is 54.9 Å². The molecule has 1 aromatic rings. The Morgan fingerprint density at radius 3 is 2.89 bits per heavy atom. The van der Waals surface area contributed by atoms with Crippen molar-refractivity contribution in [1.82, 2.24) is 10.6 Å². The van der Waals surface area contributed by atoms with Gasteiger partial charge in [0, 0.05) is 25.2 Å². The summed E-state index contributed by atoms with van der Waals surface area (Å²) in [7, 11) is 3.33. The fourth-order valence-electron chi connectivity index (χ4n) is 1.85. The molecule has 5 heteroatoms. The molecule has 0 saturated heterocycles. The number of nitrogens with zero attached hydrogens (tertiary/aromatic N) is 1. The van der Waals surface area contributed by atoms with Crippen molar-refractivity contribution in [2.75, 3.05) is 27.3 Å². The normalized spacial score (nSPS) is 14.4. The van der Waals surface area contributed by atoms with Crippen LogP contribution in [-0.4, -0.2) is 33.3 Å². The van der Waals surface area contributed by atoms with E-state index in [1.165, 1.54) is 0 Å². The van der Waals surface area contributed by atoms with E-state index in [4.69, 9.17) is 9.47 Å². The molecule has 0 aromatic heterocycles. The summed E-state index contributed by atoms with van der Waals surface area (Å²) in [6.45, 7) is 2.51. The molecule has 1 heterocycles. The van der Waals surface area contributed by atoms with Crippen molar-refractivity contribution in [3.63, 3.8) is 0 Å². The third-order valence-electron chi connectivity index (χ3n) is 2.83. The molecule has 0 saturated carbocycles. The first-order valence-electron chi connectivity index (χ1n) is 6.06. The van der Waals surface area contributed by atoms with Gasteiger partial charge in [-0.1, -0.05) is 0 Å². The minimum absolute atomic E-state index is 0.659. The van der Waals surface area contributed by atoms with Gasteiger partial charge >= 0.3 is 0 Å². The summed E-state index contributed by atoms with van der Waals surface area (Å²) in [6.07, 6.45) is 1.09. The maximum atomic E-state index is 5.33. The van der Waals surface area contributed by atoms with Crippen LogP contribution in [0.3, 0.4) is 0 Å². The zero-order valence-electron chi connectivity index (χ0n) is 10.8. The molecular formula is C13H19N3O2. The van der Waals surface area contributed by atoms with Crippen molar-refractivity contribution >= 4 is 5.96 Å². The predicted molar refractivity (Wildman–Crippen MR) is 71.3 cm³/mol. The van der Waals surface area contributed by atoms with Crippen LogP contribution in [0, 0.1) is 0 Å². The Hall–Kier alpha value is -1.91. The molecule has 18 heavy (non-hydrogen) atoms. The predicted octanol–water partition coefficient (Wildman–Crippen LogP) is 1.14. The van der Waals surface area contributed by atoms with E-state index in [0.717, 1.165) is 42.5 Å². The minimum atomic E-state index is 0.659. The van der Waals surface area contributed by atoms with Crippen LogP contribution in [0.2, 0.25) is 0 Å². The lowest BCUT2D eigenvalue weighted by molar-refractivity contribution is 0.398. The largest absolute Gasteiger partial charge is 0.497 e. The number of benzene rings is 1. The molecule has 0 radical (unpaired) electrons. The van der Waals surface area contributed by atoms with E-state index in [1.54, 1.807) is 14.2 Å². The summed E-state index contributed by atoms with van der Waals surface area (Å²) in [5.41, 5.74) is 1.05. The lowest BCUT2D eigenvalue weighted by Gasteiger charge is -2.17. The number of guanidine groups is 1. The van der Waals surface area contributed by atoms with Gasteiger partial charge in [0.15, 0.2) is 5.96 Å². The van der Waals surface area contributed by atoms with E-state index < -0.39 is 0 Å². The molecule has 0 atom stereocenters. The molecule has 1 aliphatic heterocycles. The van der Waals surface area contributed by atoms with Gasteiger partial charge in [-0.2, -0.15) is 0 Å². The van der Waals surface area contributed by atoms with Gasteiger partial charge < -0.3 is 20.1 Å². The van der Waals surface area contributed by atoms with Crippen molar-refractivity contribution in [2.24, 2.45) is 4.99 Å². The van der Waals surface area contributed by atoms with Crippen molar-refractivity contribution in [3.05, 3.63) is 23.8 Å². The van der Waals surface area contributed by atoms with E-state index in [1.807, 2.05) is 18.2 Å². The summed E-state index contributed by atoms with van der Waals surface area (Å²) in [6, 6.07) is 5.76. The minimum Gasteiger partial charge on any atom is -0.497 e. The molecule has 2 rings (SSSR count). The highest BCUT2D eigenvalue weighted by molar-refractivity contribution is 5.80. The molecule has 0 spiro atoms. The van der Waals surface area contributed by atoms with Gasteiger partial charge in [0.1, 0.15) is 11.5 Å². The van der Waals surface area contributed by atoms with E-state index in [2.05, 4.69) is 15.6 Å². The first kappa shape index (κ1) is 12.5. The molecular weight excluding hydrogens is 230 g/mol. The Kier molecular flexibility index (Phi) is 4.28.